The zero-order valence-electron chi connectivity index (χ0n) is 16.3. The van der Waals surface area contributed by atoms with Crippen molar-refractivity contribution < 1.29 is 9.18 Å². The molecule has 2 atom stereocenters. The van der Waals surface area contributed by atoms with Crippen LogP contribution in [0.25, 0.3) is 0 Å². The molecule has 3 aliphatic rings. The highest BCUT2D eigenvalue weighted by Crippen LogP contribution is 2.31. The van der Waals surface area contributed by atoms with E-state index in [1.54, 1.807) is 4.68 Å². The van der Waals surface area contributed by atoms with E-state index in [9.17, 15) is 9.18 Å². The molecule has 5 rings (SSSR count). The van der Waals surface area contributed by atoms with Crippen molar-refractivity contribution in [1.82, 2.24) is 19.6 Å². The van der Waals surface area contributed by atoms with Crippen LogP contribution in [0.3, 0.4) is 0 Å². The topological polar surface area (TPSA) is 41.4 Å². The number of piperidine rings is 1. The van der Waals surface area contributed by atoms with E-state index in [-0.39, 0.29) is 17.8 Å². The first kappa shape index (κ1) is 18.2. The number of aromatic nitrogens is 2. The maximum absolute atomic E-state index is 13.3. The van der Waals surface area contributed by atoms with Gasteiger partial charge in [0.15, 0.2) is 0 Å². The Bertz CT molecular complexity index is 845. The molecule has 0 unspecified atom stereocenters. The van der Waals surface area contributed by atoms with Crippen LogP contribution >= 0.6 is 0 Å². The molecule has 0 saturated carbocycles. The van der Waals surface area contributed by atoms with Gasteiger partial charge in [-0.25, -0.2) is 4.39 Å². The second-order valence-electron chi connectivity index (χ2n) is 8.04. The van der Waals surface area contributed by atoms with E-state index in [1.165, 1.54) is 18.6 Å². The number of benzene rings is 1. The third kappa shape index (κ3) is 3.50. The predicted molar refractivity (Wildman–Crippen MR) is 102 cm³/mol. The molecule has 1 aromatic carbocycles. The molecule has 5 nitrogen and oxygen atoms in total. The van der Waals surface area contributed by atoms with Crippen LogP contribution in [-0.4, -0.2) is 51.2 Å². The maximum Gasteiger partial charge on any atom is 0.257 e. The molecule has 4 heterocycles. The van der Waals surface area contributed by atoms with Crippen LogP contribution in [0.5, 0.6) is 0 Å². The van der Waals surface area contributed by atoms with Crippen LogP contribution in [0.2, 0.25) is 0 Å². The molecule has 1 aromatic heterocycles. The normalized spacial score (nSPS) is 22.9. The quantitative estimate of drug-likeness (QED) is 0.834. The Hall–Kier alpha value is -2.21. The molecule has 0 spiro atoms. The Morgan fingerprint density at radius 3 is 2.56 bits per heavy atom. The molecule has 0 N–H and O–H groups in total. The number of rotatable bonds is 3. The van der Waals surface area contributed by atoms with Gasteiger partial charge in [-0.05, 0) is 50.3 Å². The van der Waals surface area contributed by atoms with Crippen molar-refractivity contribution in [2.45, 2.75) is 39.3 Å². The van der Waals surface area contributed by atoms with Gasteiger partial charge in [-0.3, -0.25) is 14.4 Å². The smallest absolute Gasteiger partial charge is 0.257 e. The van der Waals surface area contributed by atoms with Crippen LogP contribution < -0.4 is 0 Å². The van der Waals surface area contributed by atoms with Gasteiger partial charge in [0.25, 0.3) is 5.91 Å². The largest absolute Gasteiger partial charge is 0.334 e. The molecule has 3 saturated heterocycles. The lowest BCUT2D eigenvalue weighted by atomic mass is 9.94. The predicted octanol–water partition coefficient (Wildman–Crippen LogP) is 2.91. The summed E-state index contributed by atoms with van der Waals surface area (Å²) in [4.78, 5) is 17.8. The molecule has 6 heteroatoms. The van der Waals surface area contributed by atoms with Crippen LogP contribution in [0.15, 0.2) is 24.3 Å². The number of hydrogen-bond donors (Lipinski definition) is 0. The zero-order chi connectivity index (χ0) is 19.1. The van der Waals surface area contributed by atoms with Crippen molar-refractivity contribution in [2.75, 3.05) is 19.6 Å². The minimum absolute atomic E-state index is 0.122. The molecule has 0 aliphatic carbocycles. The summed E-state index contributed by atoms with van der Waals surface area (Å²) in [6.45, 7) is 7.36. The third-order valence-corrected chi connectivity index (χ3v) is 6.09. The highest BCUT2D eigenvalue weighted by molar-refractivity contribution is 5.96. The second kappa shape index (κ2) is 7.08. The molecule has 144 valence electrons. The Labute approximate surface area is 159 Å². The van der Waals surface area contributed by atoms with Crippen LogP contribution in [0.4, 0.5) is 4.39 Å². The summed E-state index contributed by atoms with van der Waals surface area (Å²) in [6.07, 6.45) is 2.22. The highest BCUT2D eigenvalue weighted by atomic mass is 19.1. The van der Waals surface area contributed by atoms with Gasteiger partial charge in [0, 0.05) is 45.0 Å². The average molecular weight is 370 g/mol. The highest BCUT2D eigenvalue weighted by Gasteiger charge is 2.38. The van der Waals surface area contributed by atoms with E-state index in [1.807, 2.05) is 33.0 Å². The molecular formula is C21H27FN4O. The minimum atomic E-state index is -0.200. The summed E-state index contributed by atoms with van der Waals surface area (Å²) in [5.74, 6) is 0.413. The lowest BCUT2D eigenvalue weighted by Gasteiger charge is -2.36. The van der Waals surface area contributed by atoms with Crippen molar-refractivity contribution in [3.63, 3.8) is 0 Å². The van der Waals surface area contributed by atoms with E-state index >= 15 is 0 Å². The van der Waals surface area contributed by atoms with E-state index < -0.39 is 0 Å². The molecule has 3 aliphatic heterocycles. The summed E-state index contributed by atoms with van der Waals surface area (Å²) in [6, 6.07) is 6.98. The fraction of sp³-hybridized carbons (Fsp3) is 0.524. The minimum Gasteiger partial charge on any atom is -0.334 e. The van der Waals surface area contributed by atoms with Crippen LogP contribution in [-0.2, 0) is 13.6 Å². The van der Waals surface area contributed by atoms with Crippen LogP contribution in [0.1, 0.15) is 40.2 Å². The number of halogens is 1. The lowest BCUT2D eigenvalue weighted by Crippen LogP contribution is -2.47. The molecule has 0 radical (unpaired) electrons. The second-order valence-corrected chi connectivity index (χ2v) is 8.04. The summed E-state index contributed by atoms with van der Waals surface area (Å²) in [7, 11) is 1.89. The number of fused-ring (bicyclic) bond motifs is 4. The molecule has 27 heavy (non-hydrogen) atoms. The van der Waals surface area contributed by atoms with E-state index in [2.05, 4.69) is 14.9 Å². The SMILES string of the molecule is Cc1nn(C)c(C)c1C(=O)N1C[C@H]2CC[C@@H]1CN(Cc1ccc(F)cc1)C2. The molecule has 2 aromatic rings. The summed E-state index contributed by atoms with van der Waals surface area (Å²) < 4.78 is 15.0. The van der Waals surface area contributed by atoms with Gasteiger partial charge in [-0.1, -0.05) is 12.1 Å². The molecular weight excluding hydrogens is 343 g/mol. The van der Waals surface area contributed by atoms with E-state index in [0.717, 1.165) is 55.1 Å². The fourth-order valence-corrected chi connectivity index (χ4v) is 4.63. The first-order chi connectivity index (χ1) is 12.9. The number of carbonyl (C=O) groups is 1. The van der Waals surface area contributed by atoms with E-state index in [0.29, 0.717) is 5.92 Å². The third-order valence-electron chi connectivity index (χ3n) is 6.09. The first-order valence-electron chi connectivity index (χ1n) is 9.70. The van der Waals surface area contributed by atoms with Crippen molar-refractivity contribution in [3.8, 4) is 0 Å². The Kier molecular flexibility index (Phi) is 4.76. The van der Waals surface area contributed by atoms with Gasteiger partial charge >= 0.3 is 0 Å². The van der Waals surface area contributed by atoms with Crippen molar-refractivity contribution in [3.05, 3.63) is 52.6 Å². The number of aryl methyl sites for hydroxylation is 2. The zero-order valence-corrected chi connectivity index (χ0v) is 16.3. The average Bonchev–Trinajstić information content (AvgIpc) is 2.81. The van der Waals surface area contributed by atoms with Gasteiger partial charge < -0.3 is 4.90 Å². The summed E-state index contributed by atoms with van der Waals surface area (Å²) >= 11 is 0. The van der Waals surface area contributed by atoms with Gasteiger partial charge in [-0.15, -0.1) is 0 Å². The summed E-state index contributed by atoms with van der Waals surface area (Å²) in [5.41, 5.74) is 3.62. The van der Waals surface area contributed by atoms with Gasteiger partial charge in [0.2, 0.25) is 0 Å². The van der Waals surface area contributed by atoms with Crippen molar-refractivity contribution in [2.24, 2.45) is 13.0 Å². The van der Waals surface area contributed by atoms with Crippen molar-refractivity contribution >= 4 is 5.91 Å². The molecule has 2 bridgehead atoms. The molecule has 1 amide bonds. The fourth-order valence-electron chi connectivity index (χ4n) is 4.63. The van der Waals surface area contributed by atoms with Crippen LogP contribution in [0, 0.1) is 25.6 Å². The Balaban J connectivity index is 1.52. The summed E-state index contributed by atoms with van der Waals surface area (Å²) in [5, 5.41) is 4.42. The number of carbonyl (C=O) groups excluding carboxylic acids is 1. The number of nitrogens with zero attached hydrogens (tertiary/aromatic N) is 4. The monoisotopic (exact) mass is 370 g/mol. The first-order valence-corrected chi connectivity index (χ1v) is 9.70. The van der Waals surface area contributed by atoms with Gasteiger partial charge in [0.05, 0.1) is 11.3 Å². The number of hydrogen-bond acceptors (Lipinski definition) is 3. The number of amides is 1. The maximum atomic E-state index is 13.3. The van der Waals surface area contributed by atoms with E-state index in [4.69, 9.17) is 0 Å². The Morgan fingerprint density at radius 1 is 1.15 bits per heavy atom. The van der Waals surface area contributed by atoms with Gasteiger partial charge in [-0.2, -0.15) is 5.10 Å². The Morgan fingerprint density at radius 2 is 1.89 bits per heavy atom. The molecule has 3 fully saturated rings. The standard InChI is InChI=1S/C21H27FN4O/c1-14-20(15(2)24(3)23-14)21(27)26-12-17-6-9-19(26)13-25(11-17)10-16-4-7-18(22)8-5-16/h4-5,7-8,17,19H,6,9-13H2,1-3H3/t17-,19+/m0/s1. The lowest BCUT2D eigenvalue weighted by molar-refractivity contribution is 0.0583. The van der Waals surface area contributed by atoms with Gasteiger partial charge in [0.1, 0.15) is 5.82 Å². The van der Waals surface area contributed by atoms with Crippen molar-refractivity contribution in [1.29, 1.82) is 0 Å².